The van der Waals surface area contributed by atoms with Crippen LogP contribution in [0, 0.1) is 0 Å². The van der Waals surface area contributed by atoms with Crippen LogP contribution >= 0.6 is 11.8 Å². The Kier molecular flexibility index (Phi) is 6.40. The number of aliphatic hydroxyl groups is 1. The molecule has 1 aliphatic heterocycles. The third kappa shape index (κ3) is 5.53. The molecule has 1 aliphatic rings. The number of ether oxygens (including phenoxy) is 1. The molecule has 1 aromatic carbocycles. The van der Waals surface area contributed by atoms with Gasteiger partial charge in [0, 0.05) is 17.8 Å². The van der Waals surface area contributed by atoms with Crippen LogP contribution in [0.25, 0.3) is 0 Å². The van der Waals surface area contributed by atoms with Gasteiger partial charge in [-0.25, -0.2) is 0 Å². The van der Waals surface area contributed by atoms with E-state index in [9.17, 15) is 5.11 Å². The first kappa shape index (κ1) is 16.7. The predicted octanol–water partition coefficient (Wildman–Crippen LogP) is 2.86. The van der Waals surface area contributed by atoms with Gasteiger partial charge < -0.3 is 15.2 Å². The molecule has 0 spiro atoms. The Morgan fingerprint density at radius 3 is 3.05 bits per heavy atom. The minimum atomic E-state index is -0.467. The van der Waals surface area contributed by atoms with Crippen LogP contribution in [0.2, 0.25) is 0 Å². The number of nitrogens with one attached hydrogen (secondary N) is 1. The Labute approximate surface area is 132 Å². The van der Waals surface area contributed by atoms with Gasteiger partial charge in [0.15, 0.2) is 0 Å². The summed E-state index contributed by atoms with van der Waals surface area (Å²) in [7, 11) is 0. The molecule has 0 aromatic heterocycles. The molecule has 0 aliphatic carbocycles. The van der Waals surface area contributed by atoms with Gasteiger partial charge in [-0.2, -0.15) is 11.8 Å². The predicted molar refractivity (Wildman–Crippen MR) is 90.3 cm³/mol. The standard InChI is InChI=1S/C17H27NO2S/c1-3-14-6-4-7-16(10-14)20-12-15(19)11-18-13-17(2)8-5-9-21-17/h4,6-7,10,15,18-19H,3,5,8-9,11-13H2,1-2H3. The fourth-order valence-corrected chi connectivity index (χ4v) is 3.86. The molecule has 0 bridgehead atoms. The minimum absolute atomic E-state index is 0.337. The number of benzene rings is 1. The average Bonchev–Trinajstić information content (AvgIpc) is 2.92. The molecule has 0 amide bonds. The Morgan fingerprint density at radius 1 is 1.48 bits per heavy atom. The fraction of sp³-hybridized carbons (Fsp3) is 0.647. The van der Waals surface area contributed by atoms with Crippen molar-refractivity contribution in [1.29, 1.82) is 0 Å². The molecule has 118 valence electrons. The molecule has 3 nitrogen and oxygen atoms in total. The number of hydrogen-bond donors (Lipinski definition) is 2. The Bertz CT molecular complexity index is 433. The Hall–Kier alpha value is -0.710. The van der Waals surface area contributed by atoms with Crippen molar-refractivity contribution in [3.05, 3.63) is 29.8 Å². The lowest BCUT2D eigenvalue weighted by Gasteiger charge is -2.24. The van der Waals surface area contributed by atoms with Crippen LogP contribution in [0.5, 0.6) is 5.75 Å². The van der Waals surface area contributed by atoms with Gasteiger partial charge in [-0.1, -0.05) is 19.1 Å². The molecule has 1 fully saturated rings. The molecule has 2 N–H and O–H groups in total. The number of thioether (sulfide) groups is 1. The number of aliphatic hydroxyl groups excluding tert-OH is 1. The van der Waals surface area contributed by atoms with E-state index in [-0.39, 0.29) is 0 Å². The third-order valence-corrected chi connectivity index (χ3v) is 5.47. The maximum absolute atomic E-state index is 10.0. The third-order valence-electron chi connectivity index (χ3n) is 3.93. The van der Waals surface area contributed by atoms with Crippen molar-refractivity contribution in [3.8, 4) is 5.75 Å². The van der Waals surface area contributed by atoms with Crippen molar-refractivity contribution in [2.24, 2.45) is 0 Å². The van der Waals surface area contributed by atoms with Gasteiger partial charge in [-0.3, -0.25) is 0 Å². The fourth-order valence-electron chi connectivity index (χ4n) is 2.59. The van der Waals surface area contributed by atoms with Crippen LogP contribution in [0.1, 0.15) is 32.3 Å². The zero-order valence-electron chi connectivity index (χ0n) is 13.1. The van der Waals surface area contributed by atoms with E-state index in [0.29, 0.717) is 17.9 Å². The van der Waals surface area contributed by atoms with E-state index in [0.717, 1.165) is 18.7 Å². The largest absolute Gasteiger partial charge is 0.491 e. The van der Waals surface area contributed by atoms with Crippen molar-refractivity contribution < 1.29 is 9.84 Å². The summed E-state index contributed by atoms with van der Waals surface area (Å²) in [6.07, 6.45) is 3.10. The van der Waals surface area contributed by atoms with Crippen molar-refractivity contribution in [2.75, 3.05) is 25.4 Å². The molecule has 0 radical (unpaired) electrons. The smallest absolute Gasteiger partial charge is 0.119 e. The monoisotopic (exact) mass is 309 g/mol. The SMILES string of the molecule is CCc1cccc(OCC(O)CNCC2(C)CCCS2)c1. The topological polar surface area (TPSA) is 41.5 Å². The van der Waals surface area contributed by atoms with E-state index in [1.54, 1.807) is 0 Å². The van der Waals surface area contributed by atoms with Gasteiger partial charge in [0.25, 0.3) is 0 Å². The lowest BCUT2D eigenvalue weighted by Crippen LogP contribution is -2.39. The van der Waals surface area contributed by atoms with Gasteiger partial charge >= 0.3 is 0 Å². The van der Waals surface area contributed by atoms with Crippen LogP contribution in [0.3, 0.4) is 0 Å². The first-order valence-corrected chi connectivity index (χ1v) is 8.84. The first-order chi connectivity index (χ1) is 10.1. The van der Waals surface area contributed by atoms with E-state index in [1.807, 2.05) is 30.0 Å². The Balaban J connectivity index is 1.66. The summed E-state index contributed by atoms with van der Waals surface area (Å²) >= 11 is 2.04. The van der Waals surface area contributed by atoms with Gasteiger partial charge in [-0.05, 0) is 49.6 Å². The number of rotatable bonds is 8. The summed E-state index contributed by atoms with van der Waals surface area (Å²) in [6, 6.07) is 8.06. The highest BCUT2D eigenvalue weighted by Crippen LogP contribution is 2.36. The second-order valence-corrected chi connectivity index (χ2v) is 7.68. The highest BCUT2D eigenvalue weighted by atomic mass is 32.2. The highest BCUT2D eigenvalue weighted by molar-refractivity contribution is 8.00. The summed E-state index contributed by atoms with van der Waals surface area (Å²) in [5, 5.41) is 13.4. The molecule has 4 heteroatoms. The van der Waals surface area contributed by atoms with Crippen molar-refractivity contribution in [3.63, 3.8) is 0 Å². The van der Waals surface area contributed by atoms with Crippen molar-refractivity contribution in [1.82, 2.24) is 5.32 Å². The zero-order chi connectivity index (χ0) is 15.1. The van der Waals surface area contributed by atoms with Gasteiger partial charge in [0.05, 0.1) is 0 Å². The van der Waals surface area contributed by atoms with E-state index in [2.05, 4.69) is 25.2 Å². The van der Waals surface area contributed by atoms with E-state index in [1.165, 1.54) is 24.2 Å². The van der Waals surface area contributed by atoms with E-state index in [4.69, 9.17) is 4.74 Å². The number of hydrogen-bond acceptors (Lipinski definition) is 4. The number of aryl methyl sites for hydroxylation is 1. The molecule has 2 atom stereocenters. The maximum atomic E-state index is 10.0. The minimum Gasteiger partial charge on any atom is -0.491 e. The molecule has 1 aromatic rings. The average molecular weight is 309 g/mol. The summed E-state index contributed by atoms with van der Waals surface area (Å²) in [5.41, 5.74) is 1.26. The van der Waals surface area contributed by atoms with Crippen LogP contribution < -0.4 is 10.1 Å². The normalized spacial score (nSPS) is 23.2. The van der Waals surface area contributed by atoms with Crippen LogP contribution in [-0.4, -0.2) is 41.4 Å². The molecular formula is C17H27NO2S. The van der Waals surface area contributed by atoms with Gasteiger partial charge in [0.2, 0.25) is 0 Å². The lowest BCUT2D eigenvalue weighted by molar-refractivity contribution is 0.106. The molecular weight excluding hydrogens is 282 g/mol. The molecule has 21 heavy (non-hydrogen) atoms. The molecule has 0 saturated carbocycles. The van der Waals surface area contributed by atoms with Crippen molar-refractivity contribution >= 4 is 11.8 Å². The van der Waals surface area contributed by atoms with E-state index < -0.39 is 6.10 Å². The molecule has 1 saturated heterocycles. The quantitative estimate of drug-likeness (QED) is 0.775. The van der Waals surface area contributed by atoms with Gasteiger partial charge in [0.1, 0.15) is 18.5 Å². The second kappa shape index (κ2) is 8.06. The maximum Gasteiger partial charge on any atom is 0.119 e. The summed E-state index contributed by atoms with van der Waals surface area (Å²) < 4.78 is 6.01. The lowest BCUT2D eigenvalue weighted by atomic mass is 10.1. The highest BCUT2D eigenvalue weighted by Gasteiger charge is 2.28. The van der Waals surface area contributed by atoms with Crippen molar-refractivity contribution in [2.45, 2.75) is 44.0 Å². The van der Waals surface area contributed by atoms with Crippen LogP contribution in [0.4, 0.5) is 0 Å². The second-order valence-electron chi connectivity index (χ2n) is 6.00. The molecule has 1 heterocycles. The summed E-state index contributed by atoms with van der Waals surface area (Å²) in [5.74, 6) is 2.10. The zero-order valence-corrected chi connectivity index (χ0v) is 13.9. The van der Waals surface area contributed by atoms with Gasteiger partial charge in [-0.15, -0.1) is 0 Å². The molecule has 2 unspecified atom stereocenters. The Morgan fingerprint density at radius 2 is 2.33 bits per heavy atom. The summed E-state index contributed by atoms with van der Waals surface area (Å²) in [4.78, 5) is 0. The van der Waals surface area contributed by atoms with E-state index >= 15 is 0 Å². The van der Waals surface area contributed by atoms with Crippen LogP contribution in [0.15, 0.2) is 24.3 Å². The first-order valence-electron chi connectivity index (χ1n) is 7.86. The molecule has 2 rings (SSSR count). The summed E-state index contributed by atoms with van der Waals surface area (Å²) in [6.45, 7) is 6.31. The van der Waals surface area contributed by atoms with Crippen LogP contribution in [-0.2, 0) is 6.42 Å².